The molecule has 1 aliphatic carbocycles. The lowest BCUT2D eigenvalue weighted by Crippen LogP contribution is -2.44. The number of hydrogen-bond donors (Lipinski definition) is 2. The predicted octanol–water partition coefficient (Wildman–Crippen LogP) is 3.34. The van der Waals surface area contributed by atoms with Crippen LogP contribution in [0.25, 0.3) is 0 Å². The lowest BCUT2D eigenvalue weighted by atomic mass is 9.95. The van der Waals surface area contributed by atoms with Gasteiger partial charge in [-0.25, -0.2) is 4.79 Å². The summed E-state index contributed by atoms with van der Waals surface area (Å²) in [7, 11) is 0. The molecule has 1 aromatic rings. The van der Waals surface area contributed by atoms with E-state index in [9.17, 15) is 9.59 Å². The van der Waals surface area contributed by atoms with E-state index in [4.69, 9.17) is 0 Å². The van der Waals surface area contributed by atoms with Crippen LogP contribution >= 0.6 is 0 Å². The zero-order chi connectivity index (χ0) is 18.1. The van der Waals surface area contributed by atoms with Gasteiger partial charge in [0.25, 0.3) is 5.91 Å². The van der Waals surface area contributed by atoms with Crippen molar-refractivity contribution in [3.8, 4) is 0 Å². The second kappa shape index (κ2) is 6.98. The summed E-state index contributed by atoms with van der Waals surface area (Å²) < 4.78 is 0. The maximum atomic E-state index is 13.0. The van der Waals surface area contributed by atoms with Gasteiger partial charge in [-0.1, -0.05) is 41.5 Å². The Morgan fingerprint density at radius 3 is 2.88 bits per heavy atom. The molecule has 2 heterocycles. The van der Waals surface area contributed by atoms with E-state index in [1.165, 1.54) is 18.4 Å². The first kappa shape index (κ1) is 16.9. The van der Waals surface area contributed by atoms with E-state index >= 15 is 0 Å². The van der Waals surface area contributed by atoms with Crippen LogP contribution in [0.1, 0.15) is 49.3 Å². The molecule has 0 fully saturated rings. The summed E-state index contributed by atoms with van der Waals surface area (Å²) in [6, 6.07) is 7.37. The summed E-state index contributed by atoms with van der Waals surface area (Å²) in [6.07, 6.45) is 8.10. The van der Waals surface area contributed by atoms with Crippen LogP contribution in [0.4, 0.5) is 4.79 Å². The molecule has 0 radical (unpaired) electrons. The van der Waals surface area contributed by atoms with Crippen molar-refractivity contribution in [2.24, 2.45) is 0 Å². The summed E-state index contributed by atoms with van der Waals surface area (Å²) in [5, 5.41) is 5.76. The van der Waals surface area contributed by atoms with Crippen molar-refractivity contribution in [2.45, 2.75) is 45.1 Å². The highest BCUT2D eigenvalue weighted by molar-refractivity contribution is 6.01. The second-order valence-electron chi connectivity index (χ2n) is 7.42. The molecule has 2 aliphatic heterocycles. The van der Waals surface area contributed by atoms with Crippen LogP contribution in [0.2, 0.25) is 0 Å². The molecule has 0 saturated carbocycles. The molecule has 0 bridgehead atoms. The number of nitrogens with one attached hydrogen (secondary N) is 2. The van der Waals surface area contributed by atoms with Gasteiger partial charge in [-0.05, 0) is 44.6 Å². The minimum atomic E-state index is -0.370. The minimum Gasteiger partial charge on any atom is -0.333 e. The lowest BCUT2D eigenvalue weighted by Gasteiger charge is -2.25. The van der Waals surface area contributed by atoms with Gasteiger partial charge in [-0.3, -0.25) is 4.79 Å². The summed E-state index contributed by atoms with van der Waals surface area (Å²) in [4.78, 5) is 27.0. The highest BCUT2D eigenvalue weighted by Crippen LogP contribution is 2.33. The number of hydrogen-bond acceptors (Lipinski definition) is 2. The molecule has 2 N–H and O–H groups in total. The van der Waals surface area contributed by atoms with Crippen molar-refractivity contribution in [3.63, 3.8) is 0 Å². The number of nitrogens with zero attached hydrogens (tertiary/aromatic N) is 1. The van der Waals surface area contributed by atoms with Crippen LogP contribution in [0.3, 0.4) is 0 Å². The number of urea groups is 1. The average molecular weight is 351 g/mol. The molecule has 1 aromatic carbocycles. The quantitative estimate of drug-likeness (QED) is 0.818. The highest BCUT2D eigenvalue weighted by atomic mass is 16.2. The number of allylic oxidation sites excluding steroid dienone is 1. The predicted molar refractivity (Wildman–Crippen MR) is 100 cm³/mol. The first-order chi connectivity index (χ1) is 12.6. The van der Waals surface area contributed by atoms with Crippen molar-refractivity contribution < 1.29 is 9.59 Å². The van der Waals surface area contributed by atoms with Crippen molar-refractivity contribution in [1.82, 2.24) is 15.5 Å². The van der Waals surface area contributed by atoms with Gasteiger partial charge in [-0.2, -0.15) is 0 Å². The van der Waals surface area contributed by atoms with E-state index < -0.39 is 0 Å². The third-order valence-corrected chi connectivity index (χ3v) is 5.48. The summed E-state index contributed by atoms with van der Waals surface area (Å²) >= 11 is 0. The Labute approximate surface area is 154 Å². The van der Waals surface area contributed by atoms with Crippen LogP contribution in [0.15, 0.2) is 47.2 Å². The number of carbonyl (C=O) groups excluding carboxylic acids is 2. The fraction of sp³-hybridized carbons (Fsp3) is 0.429. The molecule has 3 aliphatic rings. The van der Waals surface area contributed by atoms with Crippen LogP contribution in [0, 0.1) is 6.92 Å². The SMILES string of the molecule is Cc1cccc([C@@H]2NC(=O)NC3=C2C(=O)N(CCC2=CCCCC2)C3)c1. The minimum absolute atomic E-state index is 0.0374. The zero-order valence-electron chi connectivity index (χ0n) is 15.2. The van der Waals surface area contributed by atoms with Crippen LogP contribution in [-0.4, -0.2) is 29.9 Å². The Kier molecular flexibility index (Phi) is 4.53. The number of aryl methyl sites for hydroxylation is 1. The van der Waals surface area contributed by atoms with E-state index in [-0.39, 0.29) is 18.0 Å². The standard InChI is InChI=1S/C21H25N3O2/c1-14-6-5-9-16(12-14)19-18-17(22-21(26)23-19)13-24(20(18)25)11-10-15-7-3-2-4-8-15/h5-7,9,12,19H,2-4,8,10-11,13H2,1H3,(H2,22,23,26)/t19-/m0/s1. The average Bonchev–Trinajstić information content (AvgIpc) is 2.96. The van der Waals surface area contributed by atoms with Gasteiger partial charge in [0.05, 0.1) is 23.9 Å². The molecular formula is C21H25N3O2. The van der Waals surface area contributed by atoms with Gasteiger partial charge in [0.15, 0.2) is 0 Å². The first-order valence-electron chi connectivity index (χ1n) is 9.46. The highest BCUT2D eigenvalue weighted by Gasteiger charge is 2.40. The van der Waals surface area contributed by atoms with E-state index in [1.54, 1.807) is 0 Å². The molecule has 5 nitrogen and oxygen atoms in total. The Balaban J connectivity index is 1.53. The number of carbonyl (C=O) groups is 2. The third-order valence-electron chi connectivity index (χ3n) is 5.48. The third kappa shape index (κ3) is 3.26. The van der Waals surface area contributed by atoms with E-state index in [1.807, 2.05) is 36.1 Å². The number of benzene rings is 1. The first-order valence-corrected chi connectivity index (χ1v) is 9.46. The van der Waals surface area contributed by atoms with Gasteiger partial charge < -0.3 is 15.5 Å². The summed E-state index contributed by atoms with van der Waals surface area (Å²) in [5.41, 5.74) is 4.98. The fourth-order valence-electron chi connectivity index (χ4n) is 4.12. The van der Waals surface area contributed by atoms with Gasteiger partial charge in [0, 0.05) is 6.54 Å². The van der Waals surface area contributed by atoms with Gasteiger partial charge in [0.2, 0.25) is 0 Å². The van der Waals surface area contributed by atoms with Crippen LogP contribution < -0.4 is 10.6 Å². The van der Waals surface area contributed by atoms with Gasteiger partial charge in [0.1, 0.15) is 0 Å². The smallest absolute Gasteiger partial charge is 0.319 e. The molecular weight excluding hydrogens is 326 g/mol. The molecule has 1 atom stereocenters. The molecule has 0 aromatic heterocycles. The molecule has 4 rings (SSSR count). The Bertz CT molecular complexity index is 809. The Morgan fingerprint density at radius 2 is 2.12 bits per heavy atom. The van der Waals surface area contributed by atoms with E-state index in [0.717, 1.165) is 36.1 Å². The molecule has 0 saturated heterocycles. The molecule has 26 heavy (non-hydrogen) atoms. The molecule has 5 heteroatoms. The normalized spacial score (nSPS) is 22.7. The lowest BCUT2D eigenvalue weighted by molar-refractivity contribution is -0.125. The molecule has 3 amide bonds. The second-order valence-corrected chi connectivity index (χ2v) is 7.42. The van der Waals surface area contributed by atoms with E-state index in [0.29, 0.717) is 18.7 Å². The topological polar surface area (TPSA) is 61.4 Å². The van der Waals surface area contributed by atoms with Crippen molar-refractivity contribution in [3.05, 3.63) is 58.3 Å². The van der Waals surface area contributed by atoms with Crippen molar-refractivity contribution in [1.29, 1.82) is 0 Å². The Morgan fingerprint density at radius 1 is 1.23 bits per heavy atom. The van der Waals surface area contributed by atoms with Gasteiger partial charge >= 0.3 is 6.03 Å². The fourth-order valence-corrected chi connectivity index (χ4v) is 4.12. The van der Waals surface area contributed by atoms with Crippen LogP contribution in [-0.2, 0) is 4.79 Å². The van der Waals surface area contributed by atoms with Crippen molar-refractivity contribution in [2.75, 3.05) is 13.1 Å². The number of amides is 3. The summed E-state index contributed by atoms with van der Waals surface area (Å²) in [6.45, 7) is 3.23. The van der Waals surface area contributed by atoms with Gasteiger partial charge in [-0.15, -0.1) is 0 Å². The zero-order valence-corrected chi connectivity index (χ0v) is 15.2. The molecule has 136 valence electrons. The van der Waals surface area contributed by atoms with Crippen molar-refractivity contribution >= 4 is 11.9 Å². The maximum absolute atomic E-state index is 13.0. The summed E-state index contributed by atoms with van der Waals surface area (Å²) in [5.74, 6) is 0.0374. The van der Waals surface area contributed by atoms with Crippen LogP contribution in [0.5, 0.6) is 0 Å². The maximum Gasteiger partial charge on any atom is 0.319 e. The Hall–Kier alpha value is -2.56. The monoisotopic (exact) mass is 351 g/mol. The number of rotatable bonds is 4. The molecule has 0 spiro atoms. The van der Waals surface area contributed by atoms with E-state index in [2.05, 4.69) is 16.7 Å². The molecule has 0 unspecified atom stereocenters. The largest absolute Gasteiger partial charge is 0.333 e.